The van der Waals surface area contributed by atoms with Gasteiger partial charge in [-0.25, -0.2) is 4.39 Å². The number of hydrogen-bond acceptors (Lipinski definition) is 1. The zero-order valence-corrected chi connectivity index (χ0v) is 12.6. The molecule has 0 heterocycles. The van der Waals surface area contributed by atoms with Gasteiger partial charge in [0.2, 0.25) is 0 Å². The second-order valence-corrected chi connectivity index (χ2v) is 6.20. The highest BCUT2D eigenvalue weighted by molar-refractivity contribution is 9.10. The molecule has 3 heteroatoms. The number of nitrogens with zero attached hydrogens (tertiary/aromatic N) is 1. The SMILES string of the molecule is CCCN(Cc1ccc(Br)c(F)c1)C(C)(C)C. The van der Waals surface area contributed by atoms with Crippen LogP contribution in [0.15, 0.2) is 22.7 Å². The largest absolute Gasteiger partial charge is 0.294 e. The first-order valence-electron chi connectivity index (χ1n) is 6.03. The van der Waals surface area contributed by atoms with Crippen molar-refractivity contribution in [2.24, 2.45) is 0 Å². The Balaban J connectivity index is 2.82. The summed E-state index contributed by atoms with van der Waals surface area (Å²) in [6.07, 6.45) is 1.11. The predicted octanol–water partition coefficient (Wildman–Crippen LogP) is 4.60. The molecule has 0 amide bonds. The highest BCUT2D eigenvalue weighted by atomic mass is 79.9. The summed E-state index contributed by atoms with van der Waals surface area (Å²) in [6, 6.07) is 5.36. The van der Waals surface area contributed by atoms with Crippen molar-refractivity contribution in [2.45, 2.75) is 46.2 Å². The van der Waals surface area contributed by atoms with E-state index in [0.29, 0.717) is 4.47 Å². The minimum Gasteiger partial charge on any atom is -0.294 e. The van der Waals surface area contributed by atoms with Gasteiger partial charge in [-0.2, -0.15) is 0 Å². The van der Waals surface area contributed by atoms with Gasteiger partial charge in [-0.05, 0) is 67.4 Å². The average Bonchev–Trinajstić information content (AvgIpc) is 2.21. The fourth-order valence-corrected chi connectivity index (χ4v) is 2.03. The van der Waals surface area contributed by atoms with Crippen molar-refractivity contribution in [3.63, 3.8) is 0 Å². The molecule has 1 rings (SSSR count). The summed E-state index contributed by atoms with van der Waals surface area (Å²) < 4.78 is 14.0. The lowest BCUT2D eigenvalue weighted by Crippen LogP contribution is -2.41. The van der Waals surface area contributed by atoms with Crippen molar-refractivity contribution in [1.29, 1.82) is 0 Å². The van der Waals surface area contributed by atoms with Gasteiger partial charge < -0.3 is 0 Å². The van der Waals surface area contributed by atoms with Crippen molar-refractivity contribution < 1.29 is 4.39 Å². The van der Waals surface area contributed by atoms with E-state index in [1.165, 1.54) is 0 Å². The van der Waals surface area contributed by atoms with Crippen molar-refractivity contribution in [3.05, 3.63) is 34.1 Å². The second kappa shape index (κ2) is 5.96. The van der Waals surface area contributed by atoms with Crippen LogP contribution in [0.2, 0.25) is 0 Å². The molecule has 0 spiro atoms. The molecular formula is C14H21BrFN. The minimum atomic E-state index is -0.187. The first-order chi connectivity index (χ1) is 7.84. The van der Waals surface area contributed by atoms with Crippen LogP contribution in [0.5, 0.6) is 0 Å². The molecule has 0 aromatic heterocycles. The summed E-state index contributed by atoms with van der Waals surface area (Å²) in [6.45, 7) is 10.6. The van der Waals surface area contributed by atoms with E-state index in [1.807, 2.05) is 6.07 Å². The molecule has 0 atom stereocenters. The Morgan fingerprint density at radius 1 is 1.29 bits per heavy atom. The van der Waals surface area contributed by atoms with Crippen LogP contribution in [0.3, 0.4) is 0 Å². The van der Waals surface area contributed by atoms with E-state index < -0.39 is 0 Å². The zero-order chi connectivity index (χ0) is 13.1. The molecule has 1 aromatic carbocycles. The van der Waals surface area contributed by atoms with Gasteiger partial charge in [0.1, 0.15) is 5.82 Å². The Morgan fingerprint density at radius 3 is 2.41 bits per heavy atom. The molecule has 0 bridgehead atoms. The van der Waals surface area contributed by atoms with Crippen LogP contribution in [0.4, 0.5) is 4.39 Å². The Kier molecular flexibility index (Phi) is 5.14. The van der Waals surface area contributed by atoms with E-state index in [0.717, 1.165) is 25.1 Å². The fraction of sp³-hybridized carbons (Fsp3) is 0.571. The Bertz CT molecular complexity index is 371. The fourth-order valence-electron chi connectivity index (χ4n) is 1.78. The Hall–Kier alpha value is -0.410. The average molecular weight is 302 g/mol. The first-order valence-corrected chi connectivity index (χ1v) is 6.83. The number of rotatable bonds is 4. The summed E-state index contributed by atoms with van der Waals surface area (Å²) in [5, 5.41) is 0. The highest BCUT2D eigenvalue weighted by Gasteiger charge is 2.20. The minimum absolute atomic E-state index is 0.111. The van der Waals surface area contributed by atoms with Crippen molar-refractivity contribution in [3.8, 4) is 0 Å². The second-order valence-electron chi connectivity index (χ2n) is 5.34. The van der Waals surface area contributed by atoms with Crippen LogP contribution in [-0.2, 0) is 6.54 Å². The number of hydrogen-bond donors (Lipinski definition) is 0. The third kappa shape index (κ3) is 4.40. The van der Waals surface area contributed by atoms with Gasteiger partial charge >= 0.3 is 0 Å². The van der Waals surface area contributed by atoms with Gasteiger partial charge in [0, 0.05) is 12.1 Å². The predicted molar refractivity (Wildman–Crippen MR) is 74.6 cm³/mol. The van der Waals surface area contributed by atoms with Gasteiger partial charge in [-0.3, -0.25) is 4.90 Å². The highest BCUT2D eigenvalue weighted by Crippen LogP contribution is 2.21. The molecule has 0 saturated carbocycles. The molecule has 0 unspecified atom stereocenters. The van der Waals surface area contributed by atoms with Crippen LogP contribution in [0.1, 0.15) is 39.7 Å². The van der Waals surface area contributed by atoms with Crippen LogP contribution in [0, 0.1) is 5.82 Å². The molecule has 0 N–H and O–H groups in total. The summed E-state index contributed by atoms with van der Waals surface area (Å²) in [5.41, 5.74) is 1.13. The molecule has 0 saturated heterocycles. The summed E-state index contributed by atoms with van der Waals surface area (Å²) in [5.74, 6) is -0.187. The van der Waals surface area contributed by atoms with Crippen LogP contribution in [0.25, 0.3) is 0 Å². The van der Waals surface area contributed by atoms with Crippen LogP contribution >= 0.6 is 15.9 Å². The monoisotopic (exact) mass is 301 g/mol. The normalized spacial score (nSPS) is 12.2. The van der Waals surface area contributed by atoms with Crippen molar-refractivity contribution >= 4 is 15.9 Å². The van der Waals surface area contributed by atoms with E-state index in [9.17, 15) is 4.39 Å². The number of halogens is 2. The van der Waals surface area contributed by atoms with Crippen LogP contribution < -0.4 is 0 Å². The molecule has 0 fully saturated rings. The zero-order valence-electron chi connectivity index (χ0n) is 11.1. The quantitative estimate of drug-likeness (QED) is 0.785. The van der Waals surface area contributed by atoms with Gasteiger partial charge in [-0.1, -0.05) is 13.0 Å². The molecule has 0 radical (unpaired) electrons. The molecule has 1 aromatic rings. The van der Waals surface area contributed by atoms with E-state index >= 15 is 0 Å². The maximum atomic E-state index is 13.4. The third-order valence-corrected chi connectivity index (χ3v) is 3.44. The van der Waals surface area contributed by atoms with Gasteiger partial charge in [0.25, 0.3) is 0 Å². The first kappa shape index (κ1) is 14.7. The maximum Gasteiger partial charge on any atom is 0.137 e. The van der Waals surface area contributed by atoms with Gasteiger partial charge in [0.15, 0.2) is 0 Å². The Morgan fingerprint density at radius 2 is 1.94 bits per heavy atom. The topological polar surface area (TPSA) is 3.24 Å². The summed E-state index contributed by atoms with van der Waals surface area (Å²) in [4.78, 5) is 2.37. The lowest BCUT2D eigenvalue weighted by atomic mass is 10.0. The lowest BCUT2D eigenvalue weighted by Gasteiger charge is -2.35. The molecule has 0 aliphatic carbocycles. The third-order valence-electron chi connectivity index (χ3n) is 2.80. The van der Waals surface area contributed by atoms with E-state index in [4.69, 9.17) is 0 Å². The summed E-state index contributed by atoms with van der Waals surface area (Å²) in [7, 11) is 0. The number of benzene rings is 1. The molecule has 96 valence electrons. The smallest absolute Gasteiger partial charge is 0.137 e. The van der Waals surface area contributed by atoms with E-state index in [1.54, 1.807) is 12.1 Å². The standard InChI is InChI=1S/C14H21BrFN/c1-5-8-17(14(2,3)4)10-11-6-7-12(15)13(16)9-11/h6-7,9H,5,8,10H2,1-4H3. The Labute approximate surface area is 112 Å². The van der Waals surface area contributed by atoms with E-state index in [-0.39, 0.29) is 11.4 Å². The molecule has 17 heavy (non-hydrogen) atoms. The van der Waals surface area contributed by atoms with E-state index in [2.05, 4.69) is 48.5 Å². The van der Waals surface area contributed by atoms with Gasteiger partial charge in [-0.15, -0.1) is 0 Å². The molecule has 1 nitrogen and oxygen atoms in total. The molecule has 0 aliphatic rings. The van der Waals surface area contributed by atoms with Crippen molar-refractivity contribution in [1.82, 2.24) is 4.90 Å². The summed E-state index contributed by atoms with van der Waals surface area (Å²) >= 11 is 3.18. The van der Waals surface area contributed by atoms with Crippen molar-refractivity contribution in [2.75, 3.05) is 6.54 Å². The maximum absolute atomic E-state index is 13.4. The van der Waals surface area contributed by atoms with Crippen LogP contribution in [-0.4, -0.2) is 17.0 Å². The lowest BCUT2D eigenvalue weighted by molar-refractivity contribution is 0.128. The molecule has 0 aliphatic heterocycles. The van der Waals surface area contributed by atoms with Gasteiger partial charge in [0.05, 0.1) is 4.47 Å². The molecular weight excluding hydrogens is 281 g/mol.